The van der Waals surface area contributed by atoms with Gasteiger partial charge < -0.3 is 14.8 Å². The van der Waals surface area contributed by atoms with Gasteiger partial charge in [-0.2, -0.15) is 0 Å². The van der Waals surface area contributed by atoms with Crippen LogP contribution in [0.5, 0.6) is 5.75 Å². The summed E-state index contributed by atoms with van der Waals surface area (Å²) in [4.78, 5) is 15.6. The van der Waals surface area contributed by atoms with Crippen molar-refractivity contribution in [3.05, 3.63) is 82.6 Å². The Labute approximate surface area is 173 Å². The van der Waals surface area contributed by atoms with Gasteiger partial charge in [-0.1, -0.05) is 41.6 Å². The fourth-order valence-corrected chi connectivity index (χ4v) is 3.30. The quantitative estimate of drug-likeness (QED) is 0.512. The summed E-state index contributed by atoms with van der Waals surface area (Å²) >= 11 is 6.08. The predicted octanol–water partition coefficient (Wildman–Crippen LogP) is 4.59. The summed E-state index contributed by atoms with van der Waals surface area (Å²) in [7, 11) is 1.63. The van der Waals surface area contributed by atoms with Crippen LogP contribution in [0.1, 0.15) is 22.7 Å². The Morgan fingerprint density at radius 1 is 1.17 bits per heavy atom. The molecule has 144 valence electrons. The fourth-order valence-electron chi connectivity index (χ4n) is 3.13. The number of cyclic esters (lactones) is 1. The molecular weight excluding hydrogens is 388 g/mol. The molecule has 1 aromatic heterocycles. The molecule has 2 aromatic carbocycles. The Kier molecular flexibility index (Phi) is 5.37. The lowest BCUT2D eigenvalue weighted by Gasteiger charge is -2.15. The van der Waals surface area contributed by atoms with Gasteiger partial charge in [-0.15, -0.1) is 0 Å². The van der Waals surface area contributed by atoms with Crippen LogP contribution in [0.25, 0.3) is 11.1 Å². The lowest BCUT2D eigenvalue weighted by molar-refractivity contribution is 0.177. The van der Waals surface area contributed by atoms with Crippen molar-refractivity contribution in [2.75, 3.05) is 13.7 Å². The maximum Gasteiger partial charge on any atom is 0.407 e. The minimum atomic E-state index is -0.422. The van der Waals surface area contributed by atoms with Gasteiger partial charge in [-0.05, 0) is 53.1 Å². The molecule has 1 unspecified atom stereocenters. The van der Waals surface area contributed by atoms with Crippen LogP contribution in [0.3, 0.4) is 0 Å². The van der Waals surface area contributed by atoms with Crippen LogP contribution in [-0.4, -0.2) is 24.8 Å². The Morgan fingerprint density at radius 2 is 2.00 bits per heavy atom. The summed E-state index contributed by atoms with van der Waals surface area (Å²) < 4.78 is 10.3. The number of nitrogens with one attached hydrogen (secondary N) is 1. The third-order valence-corrected chi connectivity index (χ3v) is 4.90. The van der Waals surface area contributed by atoms with Gasteiger partial charge in [0.2, 0.25) is 0 Å². The third-order valence-electron chi connectivity index (χ3n) is 4.60. The molecule has 1 aliphatic heterocycles. The van der Waals surface area contributed by atoms with E-state index >= 15 is 0 Å². The average Bonchev–Trinajstić information content (AvgIpc) is 3.19. The number of hydrogen-bond acceptors (Lipinski definition) is 4. The number of pyridine rings is 1. The zero-order valence-electron chi connectivity index (χ0n) is 15.6. The van der Waals surface area contributed by atoms with E-state index in [4.69, 9.17) is 21.1 Å². The monoisotopic (exact) mass is 404 g/mol. The molecule has 1 saturated heterocycles. The zero-order valence-corrected chi connectivity index (χ0v) is 16.4. The number of methoxy groups -OCH3 is 1. The molecule has 1 fully saturated rings. The summed E-state index contributed by atoms with van der Waals surface area (Å²) in [5, 5.41) is 3.22. The zero-order chi connectivity index (χ0) is 20.2. The van der Waals surface area contributed by atoms with Gasteiger partial charge in [-0.25, -0.2) is 9.78 Å². The lowest BCUT2D eigenvalue weighted by atomic mass is 9.93. The van der Waals surface area contributed by atoms with Crippen molar-refractivity contribution in [1.29, 1.82) is 0 Å². The molecule has 0 bridgehead atoms. The Balaban J connectivity index is 1.74. The third kappa shape index (κ3) is 4.18. The minimum Gasteiger partial charge on any atom is -0.497 e. The number of hydrogen-bond donors (Lipinski definition) is 1. The molecule has 0 radical (unpaired) electrons. The molecule has 5 nitrogen and oxygen atoms in total. The van der Waals surface area contributed by atoms with E-state index < -0.39 is 6.09 Å². The van der Waals surface area contributed by atoms with Crippen LogP contribution in [0.15, 0.2) is 60.8 Å². The summed E-state index contributed by atoms with van der Waals surface area (Å²) in [6.07, 6.45) is 1.20. The van der Waals surface area contributed by atoms with Crippen LogP contribution in [0, 0.1) is 11.8 Å². The van der Waals surface area contributed by atoms with E-state index in [0.29, 0.717) is 10.7 Å². The van der Waals surface area contributed by atoms with Crippen molar-refractivity contribution >= 4 is 17.7 Å². The first-order valence-electron chi connectivity index (χ1n) is 8.98. The molecule has 2 heterocycles. The summed E-state index contributed by atoms with van der Waals surface area (Å²) in [5.74, 6) is 6.96. The molecule has 4 rings (SSSR count). The second kappa shape index (κ2) is 8.26. The van der Waals surface area contributed by atoms with E-state index in [2.05, 4.69) is 22.1 Å². The van der Waals surface area contributed by atoms with Crippen molar-refractivity contribution in [1.82, 2.24) is 10.3 Å². The number of aromatic nitrogens is 1. The van der Waals surface area contributed by atoms with Gasteiger partial charge >= 0.3 is 6.09 Å². The van der Waals surface area contributed by atoms with Crippen LogP contribution in [-0.2, 0) is 4.74 Å². The maximum atomic E-state index is 11.6. The minimum absolute atomic E-state index is 0.247. The number of carbonyl (C=O) groups excluding carboxylic acids is 1. The number of carbonyl (C=O) groups is 1. The SMILES string of the molecule is COc1ccc(-c2ccc(C#Cc3cccnc3Cl)cc2C2COC(=O)N2)cc1. The number of benzene rings is 2. The van der Waals surface area contributed by atoms with E-state index in [1.54, 1.807) is 19.4 Å². The predicted molar refractivity (Wildman–Crippen MR) is 111 cm³/mol. The van der Waals surface area contributed by atoms with Gasteiger partial charge in [-0.3, -0.25) is 0 Å². The number of ether oxygens (including phenoxy) is 2. The van der Waals surface area contributed by atoms with E-state index in [0.717, 1.165) is 28.0 Å². The molecule has 1 N–H and O–H groups in total. The van der Waals surface area contributed by atoms with Crippen molar-refractivity contribution in [2.45, 2.75) is 6.04 Å². The number of alkyl carbamates (subject to hydrolysis) is 1. The number of rotatable bonds is 3. The molecule has 1 amide bonds. The molecule has 3 aromatic rings. The first-order chi connectivity index (χ1) is 14.1. The molecule has 0 spiro atoms. The largest absolute Gasteiger partial charge is 0.497 e. The van der Waals surface area contributed by atoms with Crippen molar-refractivity contribution in [3.8, 4) is 28.7 Å². The normalized spacial score (nSPS) is 15.1. The van der Waals surface area contributed by atoms with Crippen LogP contribution in [0.2, 0.25) is 5.15 Å². The highest BCUT2D eigenvalue weighted by atomic mass is 35.5. The standard InChI is InChI=1S/C23H17ClN2O3/c1-28-18-9-7-16(8-10-18)19-11-5-15(4-6-17-3-2-12-25-22(17)24)13-20(19)21-14-29-23(27)26-21/h2-3,5,7-13,21H,14H2,1H3,(H,26,27). The molecule has 29 heavy (non-hydrogen) atoms. The first kappa shape index (κ1) is 18.9. The Hall–Kier alpha value is -3.49. The van der Waals surface area contributed by atoms with Crippen LogP contribution < -0.4 is 10.1 Å². The van der Waals surface area contributed by atoms with Gasteiger partial charge in [0.1, 0.15) is 17.5 Å². The topological polar surface area (TPSA) is 60.5 Å². The molecule has 1 aliphatic rings. The van der Waals surface area contributed by atoms with Gasteiger partial charge in [0.05, 0.1) is 18.7 Å². The molecule has 0 aliphatic carbocycles. The van der Waals surface area contributed by atoms with Gasteiger partial charge in [0.15, 0.2) is 0 Å². The highest BCUT2D eigenvalue weighted by Crippen LogP contribution is 2.32. The highest BCUT2D eigenvalue weighted by Gasteiger charge is 2.26. The number of nitrogens with zero attached hydrogens (tertiary/aromatic N) is 1. The van der Waals surface area contributed by atoms with E-state index in [1.165, 1.54) is 0 Å². The van der Waals surface area contributed by atoms with Gasteiger partial charge in [0.25, 0.3) is 0 Å². The van der Waals surface area contributed by atoms with Crippen LogP contribution in [0.4, 0.5) is 4.79 Å². The highest BCUT2D eigenvalue weighted by molar-refractivity contribution is 6.30. The maximum absolute atomic E-state index is 11.6. The summed E-state index contributed by atoms with van der Waals surface area (Å²) in [6, 6.07) is 17.0. The van der Waals surface area contributed by atoms with E-state index in [-0.39, 0.29) is 12.6 Å². The summed E-state index contributed by atoms with van der Waals surface area (Å²) in [5.41, 5.74) is 4.40. The summed E-state index contributed by atoms with van der Waals surface area (Å²) in [6.45, 7) is 0.271. The molecule has 1 atom stereocenters. The molecule has 0 saturated carbocycles. The van der Waals surface area contributed by atoms with E-state index in [9.17, 15) is 4.79 Å². The smallest absolute Gasteiger partial charge is 0.407 e. The number of halogens is 1. The second-order valence-electron chi connectivity index (χ2n) is 6.42. The first-order valence-corrected chi connectivity index (χ1v) is 9.36. The van der Waals surface area contributed by atoms with Crippen molar-refractivity contribution < 1.29 is 14.3 Å². The van der Waals surface area contributed by atoms with Crippen molar-refractivity contribution in [2.24, 2.45) is 0 Å². The molecular formula is C23H17ClN2O3. The second-order valence-corrected chi connectivity index (χ2v) is 6.78. The van der Waals surface area contributed by atoms with E-state index in [1.807, 2.05) is 48.5 Å². The Bertz CT molecular complexity index is 1120. The van der Waals surface area contributed by atoms with Gasteiger partial charge in [0, 0.05) is 11.8 Å². The number of amides is 1. The Morgan fingerprint density at radius 3 is 2.69 bits per heavy atom. The fraction of sp³-hybridized carbons (Fsp3) is 0.130. The lowest BCUT2D eigenvalue weighted by Crippen LogP contribution is -2.19. The van der Waals surface area contributed by atoms with Crippen molar-refractivity contribution in [3.63, 3.8) is 0 Å². The average molecular weight is 405 g/mol. The molecule has 6 heteroatoms. The van der Waals surface area contributed by atoms with Crippen LogP contribution >= 0.6 is 11.6 Å².